The van der Waals surface area contributed by atoms with Gasteiger partial charge in [0.05, 0.1) is 11.8 Å². The van der Waals surface area contributed by atoms with Crippen LogP contribution >= 0.6 is 11.8 Å². The van der Waals surface area contributed by atoms with Crippen molar-refractivity contribution in [2.75, 3.05) is 42.6 Å². The Hall–Kier alpha value is -3.96. The Balaban J connectivity index is 1.58. The van der Waals surface area contributed by atoms with Gasteiger partial charge in [0.15, 0.2) is 0 Å². The second kappa shape index (κ2) is 15.5. The zero-order valence-corrected chi connectivity index (χ0v) is 29.6. The number of carboxylic acid groups (broad SMARTS) is 1. The quantitative estimate of drug-likeness (QED) is 0.237. The number of thioether (sulfide) groups is 1. The molecule has 2 aliphatic rings. The van der Waals surface area contributed by atoms with Crippen molar-refractivity contribution >= 4 is 35.4 Å². The standard InChI is InChI=1S/C36H44F4N4O5S/c1-33(2,3)49-32(48)44-20-18-43(19-21-44)27-13-9-25(10-14-27)24-7-11-26(12-8-24)35(36(38,39)40)16-6-22-50-23-29(31(46)47)41-30(45)28(42-35)15-17-34(4,5)37/h7-14,28-29,42H,15,17-23H2,1-5H3,(H,41,45)(H,46,47)/t28-,29-,35?/m0/s1. The number of alkyl halides is 4. The van der Waals surface area contributed by atoms with Crippen molar-refractivity contribution in [2.45, 2.75) is 82.5 Å². The second-order valence-electron chi connectivity index (χ2n) is 14.0. The fourth-order valence-electron chi connectivity index (χ4n) is 5.62. The number of amides is 2. The van der Waals surface area contributed by atoms with Crippen molar-refractivity contribution < 1.29 is 41.8 Å². The number of ether oxygens (including phenoxy) is 1. The molecule has 4 rings (SSSR count). The maximum absolute atomic E-state index is 15.2. The molecule has 14 heteroatoms. The summed E-state index contributed by atoms with van der Waals surface area (Å²) < 4.78 is 65.6. The Morgan fingerprint density at radius 3 is 2.06 bits per heavy atom. The Morgan fingerprint density at radius 1 is 0.960 bits per heavy atom. The molecule has 1 unspecified atom stereocenters. The molecule has 2 heterocycles. The Kier molecular flexibility index (Phi) is 12.0. The molecule has 0 saturated carbocycles. The number of piperazine rings is 1. The van der Waals surface area contributed by atoms with Crippen LogP contribution in [-0.2, 0) is 19.9 Å². The van der Waals surface area contributed by atoms with Gasteiger partial charge >= 0.3 is 18.2 Å². The number of carboxylic acids is 1. The number of aliphatic carboxylic acids is 1. The largest absolute Gasteiger partial charge is 0.480 e. The van der Waals surface area contributed by atoms with E-state index >= 15 is 13.2 Å². The number of hydrogen-bond acceptors (Lipinski definition) is 7. The fourth-order valence-corrected chi connectivity index (χ4v) is 6.37. The molecule has 0 spiro atoms. The van der Waals surface area contributed by atoms with E-state index in [1.165, 1.54) is 26.0 Å². The number of hydrogen-bond donors (Lipinski definition) is 3. The molecule has 1 saturated heterocycles. The molecule has 1 fully saturated rings. The van der Waals surface area contributed by atoms with Gasteiger partial charge in [-0.15, -0.1) is 11.8 Å². The number of halogens is 4. The molecule has 9 nitrogen and oxygen atoms in total. The lowest BCUT2D eigenvalue weighted by Gasteiger charge is -2.37. The third-order valence-corrected chi connectivity index (χ3v) is 9.24. The summed E-state index contributed by atoms with van der Waals surface area (Å²) in [6.07, 6.45) is -5.97. The van der Waals surface area contributed by atoms with Gasteiger partial charge in [-0.25, -0.2) is 14.0 Å². The molecule has 3 atom stereocenters. The number of anilines is 1. The number of nitrogens with one attached hydrogen (secondary N) is 2. The van der Waals surface area contributed by atoms with Crippen LogP contribution in [0.2, 0.25) is 0 Å². The third-order valence-electron chi connectivity index (χ3n) is 8.32. The maximum Gasteiger partial charge on any atom is 0.422 e. The van der Waals surface area contributed by atoms with E-state index in [4.69, 9.17) is 4.74 Å². The zero-order valence-electron chi connectivity index (χ0n) is 28.8. The van der Waals surface area contributed by atoms with Crippen LogP contribution in [0.1, 0.15) is 53.0 Å². The highest BCUT2D eigenvalue weighted by Crippen LogP contribution is 2.41. The molecule has 3 N–H and O–H groups in total. The summed E-state index contributed by atoms with van der Waals surface area (Å²) in [5.41, 5.74) is -3.31. The van der Waals surface area contributed by atoms with Crippen molar-refractivity contribution in [3.63, 3.8) is 0 Å². The van der Waals surface area contributed by atoms with Gasteiger partial charge in [-0.3, -0.25) is 10.1 Å². The number of carbonyl (C=O) groups excluding carboxylic acids is 2. The summed E-state index contributed by atoms with van der Waals surface area (Å²) in [5.74, 6) is 2.34. The van der Waals surface area contributed by atoms with Gasteiger partial charge in [0.1, 0.15) is 17.3 Å². The fraction of sp³-hybridized carbons (Fsp3) is 0.528. The molecule has 2 aromatic carbocycles. The van der Waals surface area contributed by atoms with E-state index < -0.39 is 46.9 Å². The summed E-state index contributed by atoms with van der Waals surface area (Å²) in [6, 6.07) is 10.3. The normalized spacial score (nSPS) is 22.5. The summed E-state index contributed by atoms with van der Waals surface area (Å²) >= 11 is 0.988. The van der Waals surface area contributed by atoms with Crippen molar-refractivity contribution in [1.82, 2.24) is 15.5 Å². The summed E-state index contributed by atoms with van der Waals surface area (Å²) in [7, 11) is 0. The van der Waals surface area contributed by atoms with Gasteiger partial charge in [-0.2, -0.15) is 13.2 Å². The monoisotopic (exact) mass is 720 g/mol. The smallest absolute Gasteiger partial charge is 0.422 e. The molecule has 0 aromatic heterocycles. The van der Waals surface area contributed by atoms with Gasteiger partial charge < -0.3 is 25.0 Å². The lowest BCUT2D eigenvalue weighted by molar-refractivity contribution is -0.185. The lowest BCUT2D eigenvalue weighted by Crippen LogP contribution is -2.61. The number of nitrogens with zero attached hydrogens (tertiary/aromatic N) is 2. The van der Waals surface area contributed by atoms with Crippen LogP contribution < -0.4 is 15.5 Å². The van der Waals surface area contributed by atoms with Crippen LogP contribution in [0.5, 0.6) is 0 Å². The molecule has 0 bridgehead atoms. The minimum atomic E-state index is -5.02. The van der Waals surface area contributed by atoms with Crippen molar-refractivity contribution in [2.24, 2.45) is 0 Å². The predicted molar refractivity (Wildman–Crippen MR) is 186 cm³/mol. The van der Waals surface area contributed by atoms with E-state index in [9.17, 15) is 23.9 Å². The molecular weight excluding hydrogens is 676 g/mol. The average molecular weight is 721 g/mol. The minimum absolute atomic E-state index is 0.105. The van der Waals surface area contributed by atoms with Crippen LogP contribution in [0.15, 0.2) is 48.5 Å². The van der Waals surface area contributed by atoms with Gasteiger partial charge in [0.2, 0.25) is 11.4 Å². The maximum atomic E-state index is 15.2. The summed E-state index contributed by atoms with van der Waals surface area (Å²) in [5, 5.41) is 14.3. The highest BCUT2D eigenvalue weighted by atomic mass is 32.2. The molecular formula is C36H44F4N4O5S. The first kappa shape index (κ1) is 38.8. The molecule has 50 heavy (non-hydrogen) atoms. The van der Waals surface area contributed by atoms with Gasteiger partial charge in [0.25, 0.3) is 0 Å². The van der Waals surface area contributed by atoms with E-state index in [1.807, 2.05) is 45.0 Å². The highest BCUT2D eigenvalue weighted by Gasteiger charge is 2.57. The number of benzene rings is 2. The van der Waals surface area contributed by atoms with Gasteiger partial charge in [-0.05, 0) is 76.3 Å². The van der Waals surface area contributed by atoms with E-state index in [1.54, 1.807) is 17.0 Å². The van der Waals surface area contributed by atoms with E-state index in [2.05, 4.69) is 27.4 Å². The summed E-state index contributed by atoms with van der Waals surface area (Å²) in [6.45, 7) is 10.2. The Morgan fingerprint density at radius 2 is 1.54 bits per heavy atom. The van der Waals surface area contributed by atoms with E-state index in [-0.39, 0.29) is 36.0 Å². The first-order chi connectivity index (χ1) is 23.3. The average Bonchev–Trinajstić information content (AvgIpc) is 3.06. The van der Waals surface area contributed by atoms with Gasteiger partial charge in [0, 0.05) is 37.6 Å². The second-order valence-corrected chi connectivity index (χ2v) is 15.0. The first-order valence-corrected chi connectivity index (χ1v) is 17.5. The number of carbonyl (C=O) groups is 3. The molecule has 2 amide bonds. The molecule has 0 aliphatic carbocycles. The Labute approximate surface area is 294 Å². The van der Waals surface area contributed by atoms with E-state index in [0.29, 0.717) is 31.7 Å². The van der Waals surface area contributed by atoms with Crippen molar-refractivity contribution in [3.05, 3.63) is 54.1 Å². The van der Waals surface area contributed by atoms with Crippen molar-refractivity contribution in [3.8, 4) is 23.0 Å². The van der Waals surface area contributed by atoms with E-state index in [0.717, 1.165) is 23.0 Å². The zero-order chi connectivity index (χ0) is 36.9. The SMILES string of the molecule is CC(C)(F)CC[C@@H]1NC(c2ccc(-c3ccc(N4CCN(C(=O)OC(C)(C)C)CC4)cc3)cc2)(C(F)(F)F)C#CCSC[C@@H](C(=O)O)NC1=O. The molecule has 2 aliphatic heterocycles. The van der Waals surface area contributed by atoms with Crippen LogP contribution in [0.4, 0.5) is 28.0 Å². The molecule has 0 radical (unpaired) electrons. The van der Waals surface area contributed by atoms with Crippen molar-refractivity contribution in [1.29, 1.82) is 0 Å². The van der Waals surface area contributed by atoms with Crippen LogP contribution in [-0.4, -0.2) is 95.2 Å². The predicted octanol–water partition coefficient (Wildman–Crippen LogP) is 5.97. The third kappa shape index (κ3) is 10.1. The van der Waals surface area contributed by atoms with Crippen LogP contribution in [0.3, 0.4) is 0 Å². The minimum Gasteiger partial charge on any atom is -0.480 e. The van der Waals surface area contributed by atoms with Crippen LogP contribution in [0.25, 0.3) is 11.1 Å². The molecule has 272 valence electrons. The number of rotatable bonds is 7. The van der Waals surface area contributed by atoms with Gasteiger partial charge in [-0.1, -0.05) is 48.2 Å². The summed E-state index contributed by atoms with van der Waals surface area (Å²) in [4.78, 5) is 41.3. The highest BCUT2D eigenvalue weighted by molar-refractivity contribution is 7.99. The topological polar surface area (TPSA) is 111 Å². The lowest BCUT2D eigenvalue weighted by atomic mass is 9.86. The Bertz CT molecular complexity index is 1570. The molecule has 2 aromatic rings. The first-order valence-electron chi connectivity index (χ1n) is 16.4. The van der Waals surface area contributed by atoms with Crippen LogP contribution in [0, 0.1) is 11.8 Å².